The van der Waals surface area contributed by atoms with E-state index in [2.05, 4.69) is 4.98 Å². The molecule has 150 valence electrons. The van der Waals surface area contributed by atoms with Gasteiger partial charge in [-0.1, -0.05) is 48.0 Å². The summed E-state index contributed by atoms with van der Waals surface area (Å²) in [7, 11) is 0. The van der Waals surface area contributed by atoms with Crippen LogP contribution in [0.1, 0.15) is 23.6 Å². The van der Waals surface area contributed by atoms with E-state index >= 15 is 0 Å². The molecule has 4 rings (SSSR count). The molecule has 0 saturated carbocycles. The first-order valence-corrected chi connectivity index (χ1v) is 9.99. The molecule has 3 aromatic rings. The Labute approximate surface area is 176 Å². The quantitative estimate of drug-likeness (QED) is 0.585. The van der Waals surface area contributed by atoms with Crippen LogP contribution in [0, 0.1) is 6.92 Å². The van der Waals surface area contributed by atoms with Crippen LogP contribution in [0.2, 0.25) is 0 Å². The third-order valence-corrected chi connectivity index (χ3v) is 5.23. The average Bonchev–Trinajstić information content (AvgIpc) is 3.01. The van der Waals surface area contributed by atoms with Gasteiger partial charge in [-0.2, -0.15) is 0 Å². The van der Waals surface area contributed by atoms with Gasteiger partial charge in [-0.05, 0) is 49.2 Å². The Morgan fingerprint density at radius 3 is 2.17 bits per heavy atom. The van der Waals surface area contributed by atoms with Gasteiger partial charge in [-0.3, -0.25) is 19.5 Å². The van der Waals surface area contributed by atoms with E-state index in [1.807, 2.05) is 85.5 Å². The first-order valence-electron chi connectivity index (χ1n) is 9.99. The molecule has 0 atom stereocenters. The van der Waals surface area contributed by atoms with Gasteiger partial charge >= 0.3 is 0 Å². The number of rotatable bonds is 6. The lowest BCUT2D eigenvalue weighted by Gasteiger charge is -2.25. The minimum Gasteiger partial charge on any atom is -0.337 e. The van der Waals surface area contributed by atoms with Gasteiger partial charge in [0.1, 0.15) is 5.70 Å². The van der Waals surface area contributed by atoms with Crippen molar-refractivity contribution in [3.05, 3.63) is 102 Å². The number of imide groups is 1. The second-order valence-corrected chi connectivity index (χ2v) is 7.22. The fourth-order valence-electron chi connectivity index (χ4n) is 3.69. The summed E-state index contributed by atoms with van der Waals surface area (Å²) < 4.78 is 0. The molecule has 1 aliphatic heterocycles. The molecule has 0 unspecified atom stereocenters. The van der Waals surface area contributed by atoms with Crippen LogP contribution < -0.4 is 4.90 Å². The lowest BCUT2D eigenvalue weighted by Crippen LogP contribution is -2.34. The summed E-state index contributed by atoms with van der Waals surface area (Å²) in [5.74, 6) is -0.553. The zero-order chi connectivity index (χ0) is 21.1. The Hall–Kier alpha value is -3.73. The van der Waals surface area contributed by atoms with Gasteiger partial charge in [0.2, 0.25) is 0 Å². The second-order valence-electron chi connectivity index (χ2n) is 7.22. The smallest absolute Gasteiger partial charge is 0.278 e. The number of likely N-dealkylation sites (N-methyl/N-ethyl adjacent to an activating group) is 1. The maximum atomic E-state index is 13.5. The standard InChI is InChI=1S/C25H23N3O2/c1-3-27(21-7-5-4-6-8-21)23-22(20-11-9-18(2)10-12-20)24(29)28(25(23)30)17-19-13-15-26-16-14-19/h4-16H,3,17H2,1-2H3. The Bertz CT molecular complexity index is 1090. The highest BCUT2D eigenvalue weighted by molar-refractivity contribution is 6.36. The molecule has 30 heavy (non-hydrogen) atoms. The maximum Gasteiger partial charge on any atom is 0.278 e. The SMILES string of the molecule is CCN(C1=C(c2ccc(C)cc2)C(=O)N(Cc2ccncc2)C1=O)c1ccccc1. The Balaban J connectivity index is 1.82. The van der Waals surface area contributed by atoms with E-state index in [1.165, 1.54) is 4.90 Å². The summed E-state index contributed by atoms with van der Waals surface area (Å²) in [4.78, 5) is 34.3. The molecule has 0 fully saturated rings. The molecular weight excluding hydrogens is 374 g/mol. The maximum absolute atomic E-state index is 13.5. The van der Waals surface area contributed by atoms with Crippen molar-refractivity contribution < 1.29 is 9.59 Å². The van der Waals surface area contributed by atoms with Crippen LogP contribution in [-0.2, 0) is 16.1 Å². The van der Waals surface area contributed by atoms with Gasteiger partial charge in [-0.15, -0.1) is 0 Å². The number of carbonyl (C=O) groups excluding carboxylic acids is 2. The minimum absolute atomic E-state index is 0.214. The number of aromatic nitrogens is 1. The van der Waals surface area contributed by atoms with E-state index < -0.39 is 0 Å². The van der Waals surface area contributed by atoms with Crippen molar-refractivity contribution in [3.63, 3.8) is 0 Å². The van der Waals surface area contributed by atoms with Crippen molar-refractivity contribution in [2.45, 2.75) is 20.4 Å². The summed E-state index contributed by atoms with van der Waals surface area (Å²) in [5, 5.41) is 0. The zero-order valence-electron chi connectivity index (χ0n) is 17.1. The molecular formula is C25H23N3O2. The number of nitrogens with zero attached hydrogens (tertiary/aromatic N) is 3. The zero-order valence-corrected chi connectivity index (χ0v) is 17.1. The Morgan fingerprint density at radius 1 is 0.867 bits per heavy atom. The van der Waals surface area contributed by atoms with E-state index in [0.29, 0.717) is 17.8 Å². The number of carbonyl (C=O) groups is 2. The summed E-state index contributed by atoms with van der Waals surface area (Å²) >= 11 is 0. The van der Waals surface area contributed by atoms with Gasteiger partial charge in [0.15, 0.2) is 0 Å². The molecule has 0 N–H and O–H groups in total. The molecule has 2 heterocycles. The second kappa shape index (κ2) is 8.33. The number of hydrogen-bond donors (Lipinski definition) is 0. The highest BCUT2D eigenvalue weighted by Crippen LogP contribution is 2.35. The molecule has 0 radical (unpaired) electrons. The first-order chi connectivity index (χ1) is 14.6. The summed E-state index contributed by atoms with van der Waals surface area (Å²) in [6.07, 6.45) is 3.33. The third kappa shape index (κ3) is 3.62. The topological polar surface area (TPSA) is 53.5 Å². The summed E-state index contributed by atoms with van der Waals surface area (Å²) in [6.45, 7) is 4.76. The molecule has 1 aromatic heterocycles. The van der Waals surface area contributed by atoms with Crippen molar-refractivity contribution >= 4 is 23.1 Å². The predicted octanol–water partition coefficient (Wildman–Crippen LogP) is 4.20. The van der Waals surface area contributed by atoms with E-state index in [0.717, 1.165) is 22.4 Å². The van der Waals surface area contributed by atoms with Gasteiger partial charge in [0.25, 0.3) is 11.8 Å². The van der Waals surface area contributed by atoms with Gasteiger partial charge in [-0.25, -0.2) is 0 Å². The van der Waals surface area contributed by atoms with E-state index in [1.54, 1.807) is 12.4 Å². The highest BCUT2D eigenvalue weighted by atomic mass is 16.2. The van der Waals surface area contributed by atoms with Crippen molar-refractivity contribution in [1.29, 1.82) is 0 Å². The number of aryl methyl sites for hydroxylation is 1. The molecule has 0 saturated heterocycles. The predicted molar refractivity (Wildman–Crippen MR) is 117 cm³/mol. The fraction of sp³-hybridized carbons (Fsp3) is 0.160. The molecule has 5 nitrogen and oxygen atoms in total. The normalized spacial score (nSPS) is 13.9. The van der Waals surface area contributed by atoms with Gasteiger partial charge in [0.05, 0.1) is 12.1 Å². The third-order valence-electron chi connectivity index (χ3n) is 5.23. The molecule has 5 heteroatoms. The van der Waals surface area contributed by atoms with E-state index in [4.69, 9.17) is 0 Å². The van der Waals surface area contributed by atoms with Crippen LogP contribution in [-0.4, -0.2) is 28.2 Å². The van der Waals surface area contributed by atoms with Gasteiger partial charge < -0.3 is 4.90 Å². The monoisotopic (exact) mass is 397 g/mol. The molecule has 0 spiro atoms. The number of hydrogen-bond acceptors (Lipinski definition) is 4. The van der Waals surface area contributed by atoms with Crippen molar-refractivity contribution in [2.24, 2.45) is 0 Å². The first kappa shape index (κ1) is 19.6. The van der Waals surface area contributed by atoms with Crippen molar-refractivity contribution in [1.82, 2.24) is 9.88 Å². The fourth-order valence-corrected chi connectivity index (χ4v) is 3.69. The van der Waals surface area contributed by atoms with Crippen LogP contribution in [0.3, 0.4) is 0 Å². The van der Waals surface area contributed by atoms with Crippen LogP contribution in [0.4, 0.5) is 5.69 Å². The number of anilines is 1. The Morgan fingerprint density at radius 2 is 1.53 bits per heavy atom. The molecule has 1 aliphatic rings. The number of para-hydroxylation sites is 1. The van der Waals surface area contributed by atoms with Crippen LogP contribution in [0.25, 0.3) is 5.57 Å². The number of amides is 2. The highest BCUT2D eigenvalue weighted by Gasteiger charge is 2.41. The molecule has 0 bridgehead atoms. The van der Waals surface area contributed by atoms with E-state index in [9.17, 15) is 9.59 Å². The van der Waals surface area contributed by atoms with E-state index in [-0.39, 0.29) is 18.4 Å². The molecule has 2 amide bonds. The molecule has 2 aromatic carbocycles. The lowest BCUT2D eigenvalue weighted by atomic mass is 10.0. The summed E-state index contributed by atoms with van der Waals surface area (Å²) in [6, 6.07) is 21.1. The van der Waals surface area contributed by atoms with Crippen molar-refractivity contribution in [2.75, 3.05) is 11.4 Å². The number of pyridine rings is 1. The number of benzene rings is 2. The lowest BCUT2D eigenvalue weighted by molar-refractivity contribution is -0.137. The van der Waals surface area contributed by atoms with Crippen LogP contribution in [0.15, 0.2) is 84.8 Å². The van der Waals surface area contributed by atoms with Crippen LogP contribution in [0.5, 0.6) is 0 Å². The average molecular weight is 397 g/mol. The van der Waals surface area contributed by atoms with Gasteiger partial charge in [0, 0.05) is 24.6 Å². The molecule has 0 aliphatic carbocycles. The Kier molecular flexibility index (Phi) is 5.44. The van der Waals surface area contributed by atoms with Crippen LogP contribution >= 0.6 is 0 Å². The van der Waals surface area contributed by atoms with Crippen molar-refractivity contribution in [3.8, 4) is 0 Å². The largest absolute Gasteiger partial charge is 0.337 e. The summed E-state index contributed by atoms with van der Waals surface area (Å²) in [5.41, 5.74) is 4.46. The minimum atomic E-state index is -0.280.